The van der Waals surface area contributed by atoms with Crippen LogP contribution in [0.5, 0.6) is 0 Å². The molecule has 0 N–H and O–H groups in total. The van der Waals surface area contributed by atoms with Crippen molar-refractivity contribution in [1.82, 2.24) is 0 Å². The Hall–Kier alpha value is -1.16. The third-order valence-electron chi connectivity index (χ3n) is 2.85. The quantitative estimate of drug-likeness (QED) is 0.372. The average Bonchev–Trinajstić information content (AvgIpc) is 2.35. The second-order valence-corrected chi connectivity index (χ2v) is 6.28. The van der Waals surface area contributed by atoms with Gasteiger partial charge in [0.2, 0.25) is 0 Å². The summed E-state index contributed by atoms with van der Waals surface area (Å²) in [5.74, 6) is -0.869. The van der Waals surface area contributed by atoms with Gasteiger partial charge in [-0.15, -0.1) is 0 Å². The highest BCUT2D eigenvalue weighted by Crippen LogP contribution is 2.41. The van der Waals surface area contributed by atoms with Crippen molar-refractivity contribution in [3.05, 3.63) is 35.9 Å². The van der Waals surface area contributed by atoms with E-state index in [2.05, 4.69) is 15.9 Å². The van der Waals surface area contributed by atoms with Gasteiger partial charge in [-0.05, 0) is 5.41 Å². The first kappa shape index (κ1) is 14.9. The van der Waals surface area contributed by atoms with Gasteiger partial charge in [0.15, 0.2) is 10.1 Å². The summed E-state index contributed by atoms with van der Waals surface area (Å²) in [6.45, 7) is 5.46. The Morgan fingerprint density at radius 2 is 1.61 bits per heavy atom. The number of carbonyl (C=O) groups is 2. The van der Waals surface area contributed by atoms with Crippen LogP contribution < -0.4 is 0 Å². The fourth-order valence-corrected chi connectivity index (χ4v) is 2.06. The molecular formula is C14H17BrO3. The highest BCUT2D eigenvalue weighted by molar-refractivity contribution is 9.10. The summed E-state index contributed by atoms with van der Waals surface area (Å²) in [7, 11) is 1.28. The van der Waals surface area contributed by atoms with Gasteiger partial charge in [-0.1, -0.05) is 67.0 Å². The largest absolute Gasteiger partial charge is 0.468 e. The molecule has 0 amide bonds. The smallest absolute Gasteiger partial charge is 0.331 e. The van der Waals surface area contributed by atoms with Gasteiger partial charge < -0.3 is 4.74 Å². The SMILES string of the molecule is COC(=O)C(Br)(C(=O)c1ccccc1)C(C)(C)C. The third-order valence-corrected chi connectivity index (χ3v) is 4.72. The van der Waals surface area contributed by atoms with Crippen LogP contribution in [0.4, 0.5) is 0 Å². The fraction of sp³-hybridized carbons (Fsp3) is 0.429. The molecule has 0 saturated heterocycles. The highest BCUT2D eigenvalue weighted by atomic mass is 79.9. The lowest BCUT2D eigenvalue weighted by Gasteiger charge is -2.35. The van der Waals surface area contributed by atoms with Crippen molar-refractivity contribution < 1.29 is 14.3 Å². The molecule has 98 valence electrons. The Bertz CT molecular complexity index is 448. The maximum atomic E-state index is 12.6. The summed E-state index contributed by atoms with van der Waals surface area (Å²) in [4.78, 5) is 24.6. The number of hydrogen-bond acceptors (Lipinski definition) is 3. The minimum Gasteiger partial charge on any atom is -0.468 e. The Morgan fingerprint density at radius 1 is 1.11 bits per heavy atom. The van der Waals surface area contributed by atoms with Crippen molar-refractivity contribution in [3.63, 3.8) is 0 Å². The molecule has 0 aliphatic heterocycles. The predicted octanol–water partition coefficient (Wildman–Crippen LogP) is 3.22. The summed E-state index contributed by atoms with van der Waals surface area (Å²) >= 11 is 3.31. The van der Waals surface area contributed by atoms with E-state index in [1.165, 1.54) is 7.11 Å². The van der Waals surface area contributed by atoms with Gasteiger partial charge in [-0.2, -0.15) is 0 Å². The van der Waals surface area contributed by atoms with Crippen LogP contribution in [0.25, 0.3) is 0 Å². The summed E-state index contributed by atoms with van der Waals surface area (Å²) < 4.78 is 3.40. The van der Waals surface area contributed by atoms with Crippen molar-refractivity contribution in [2.75, 3.05) is 7.11 Å². The monoisotopic (exact) mass is 312 g/mol. The molecule has 0 aliphatic rings. The number of Topliss-reactive ketones (excluding diaryl/α,β-unsaturated/α-hetero) is 1. The number of rotatable bonds is 3. The molecule has 1 aromatic rings. The first-order chi connectivity index (χ1) is 8.25. The Labute approximate surface area is 116 Å². The van der Waals surface area contributed by atoms with Crippen molar-refractivity contribution in [2.24, 2.45) is 5.41 Å². The molecule has 0 bridgehead atoms. The minimum atomic E-state index is -1.38. The standard InChI is InChI=1S/C14H17BrO3/c1-13(2,3)14(15,12(17)18-4)11(16)10-8-6-5-7-9-10/h5-9H,1-4H3. The molecule has 0 radical (unpaired) electrons. The molecule has 0 saturated carbocycles. The first-order valence-electron chi connectivity index (χ1n) is 5.62. The van der Waals surface area contributed by atoms with Gasteiger partial charge >= 0.3 is 5.97 Å². The number of carbonyl (C=O) groups excluding carboxylic acids is 2. The van der Waals surface area contributed by atoms with E-state index in [1.54, 1.807) is 24.3 Å². The second kappa shape index (κ2) is 5.22. The highest BCUT2D eigenvalue weighted by Gasteiger charge is 2.53. The van der Waals surface area contributed by atoms with E-state index < -0.39 is 15.7 Å². The van der Waals surface area contributed by atoms with Crippen LogP contribution in [0.15, 0.2) is 30.3 Å². The number of ketones is 1. The number of hydrogen-bond donors (Lipinski definition) is 0. The molecule has 4 heteroatoms. The molecule has 1 unspecified atom stereocenters. The summed E-state index contributed by atoms with van der Waals surface area (Å²) in [5.41, 5.74) is -0.123. The number of methoxy groups -OCH3 is 1. The first-order valence-corrected chi connectivity index (χ1v) is 6.41. The summed E-state index contributed by atoms with van der Waals surface area (Å²) in [6.07, 6.45) is 0. The Morgan fingerprint density at radius 3 is 2.00 bits per heavy atom. The van der Waals surface area contributed by atoms with Crippen LogP contribution in [0, 0.1) is 5.41 Å². The Kier molecular flexibility index (Phi) is 4.32. The molecule has 0 aromatic heterocycles. The molecule has 1 rings (SSSR count). The van der Waals surface area contributed by atoms with Crippen LogP contribution in [0.2, 0.25) is 0 Å². The van der Waals surface area contributed by atoms with Gasteiger partial charge in [0, 0.05) is 5.56 Å². The lowest BCUT2D eigenvalue weighted by molar-refractivity contribution is -0.144. The van der Waals surface area contributed by atoms with Crippen LogP contribution in [-0.4, -0.2) is 23.2 Å². The van der Waals surface area contributed by atoms with Crippen molar-refractivity contribution in [3.8, 4) is 0 Å². The van der Waals surface area contributed by atoms with Crippen LogP contribution in [-0.2, 0) is 9.53 Å². The number of ether oxygens (including phenoxy) is 1. The number of benzene rings is 1. The molecule has 0 aliphatic carbocycles. The van der Waals surface area contributed by atoms with Crippen molar-refractivity contribution in [1.29, 1.82) is 0 Å². The fourth-order valence-electron chi connectivity index (χ4n) is 1.67. The zero-order valence-electron chi connectivity index (χ0n) is 11.0. The number of alkyl halides is 1. The molecular weight excluding hydrogens is 296 g/mol. The van der Waals surface area contributed by atoms with Crippen LogP contribution >= 0.6 is 15.9 Å². The van der Waals surface area contributed by atoms with Gasteiger partial charge in [0.25, 0.3) is 0 Å². The van der Waals surface area contributed by atoms with Crippen LogP contribution in [0.3, 0.4) is 0 Å². The number of halogens is 1. The normalized spacial score (nSPS) is 14.7. The lowest BCUT2D eigenvalue weighted by Crippen LogP contribution is -2.51. The maximum absolute atomic E-state index is 12.6. The summed E-state index contributed by atoms with van der Waals surface area (Å²) in [5, 5.41) is 0. The van der Waals surface area contributed by atoms with Crippen LogP contribution in [0.1, 0.15) is 31.1 Å². The average molecular weight is 313 g/mol. The molecule has 0 heterocycles. The van der Waals surface area contributed by atoms with Crippen molar-refractivity contribution >= 4 is 27.7 Å². The van der Waals surface area contributed by atoms with Gasteiger partial charge in [-0.3, -0.25) is 9.59 Å². The van der Waals surface area contributed by atoms with E-state index in [0.29, 0.717) is 5.56 Å². The maximum Gasteiger partial charge on any atom is 0.331 e. The van der Waals surface area contributed by atoms with Gasteiger partial charge in [-0.25, -0.2) is 0 Å². The van der Waals surface area contributed by atoms with E-state index in [9.17, 15) is 9.59 Å². The molecule has 0 spiro atoms. The molecule has 0 fully saturated rings. The molecule has 1 atom stereocenters. The topological polar surface area (TPSA) is 43.4 Å². The lowest BCUT2D eigenvalue weighted by atomic mass is 9.76. The van der Waals surface area contributed by atoms with E-state index in [-0.39, 0.29) is 5.78 Å². The minimum absolute atomic E-state index is 0.289. The molecule has 1 aromatic carbocycles. The Balaban J connectivity index is 3.30. The van der Waals surface area contributed by atoms with E-state index in [4.69, 9.17) is 4.74 Å². The van der Waals surface area contributed by atoms with E-state index in [1.807, 2.05) is 26.8 Å². The third kappa shape index (κ3) is 2.48. The second-order valence-electron chi connectivity index (χ2n) is 5.10. The van der Waals surface area contributed by atoms with Crippen molar-refractivity contribution in [2.45, 2.75) is 25.1 Å². The predicted molar refractivity (Wildman–Crippen MR) is 73.9 cm³/mol. The van der Waals surface area contributed by atoms with E-state index >= 15 is 0 Å². The summed E-state index contributed by atoms with van der Waals surface area (Å²) in [6, 6.07) is 8.73. The zero-order chi connectivity index (χ0) is 14.0. The van der Waals surface area contributed by atoms with E-state index in [0.717, 1.165) is 0 Å². The molecule has 18 heavy (non-hydrogen) atoms. The van der Waals surface area contributed by atoms with Gasteiger partial charge in [0.1, 0.15) is 0 Å². The zero-order valence-corrected chi connectivity index (χ0v) is 12.6. The van der Waals surface area contributed by atoms with Gasteiger partial charge in [0.05, 0.1) is 7.11 Å². The molecule has 3 nitrogen and oxygen atoms in total. The number of esters is 1.